The van der Waals surface area contributed by atoms with Gasteiger partial charge >= 0.3 is 6.03 Å². The largest absolute Gasteiger partial charge is 0.322 e. The maximum atomic E-state index is 13.6. The minimum absolute atomic E-state index is 0.00485. The van der Waals surface area contributed by atoms with Crippen molar-refractivity contribution in [3.05, 3.63) is 68.8 Å². The maximum absolute atomic E-state index is 13.6. The topological polar surface area (TPSA) is 37.3 Å². The SMILES string of the molecule is Cc1ccc(NC(=O)N2Cc3c(sc4c3CCCC4)-n3cccc3[C@@H]2C(C)C)cc1Cl. The summed E-state index contributed by atoms with van der Waals surface area (Å²) < 4.78 is 2.33. The number of nitrogens with one attached hydrogen (secondary N) is 1. The van der Waals surface area contributed by atoms with Gasteiger partial charge in [0.15, 0.2) is 0 Å². The number of urea groups is 1. The first kappa shape index (κ1) is 20.7. The number of carbonyl (C=O) groups is 1. The molecule has 3 aromatic rings. The highest BCUT2D eigenvalue weighted by atomic mass is 35.5. The molecule has 2 aliphatic rings. The summed E-state index contributed by atoms with van der Waals surface area (Å²) in [5.41, 5.74) is 5.73. The first-order chi connectivity index (χ1) is 14.9. The van der Waals surface area contributed by atoms with E-state index in [0.29, 0.717) is 11.6 Å². The molecule has 162 valence electrons. The number of thiophene rings is 1. The third-order valence-electron chi connectivity index (χ3n) is 6.54. The van der Waals surface area contributed by atoms with Gasteiger partial charge in [0.1, 0.15) is 5.00 Å². The summed E-state index contributed by atoms with van der Waals surface area (Å²) in [5, 5.41) is 5.08. The van der Waals surface area contributed by atoms with Gasteiger partial charge in [-0.2, -0.15) is 0 Å². The minimum Gasteiger partial charge on any atom is -0.311 e. The standard InChI is InChI=1S/C25H28ClN3OS/c1-15(2)23-21-8-6-12-28(21)24-19(18-7-4-5-9-22(18)31-24)14-29(23)25(30)27-17-11-10-16(3)20(26)13-17/h6,8,10-13,15,23H,4-5,7,9,14H2,1-3H3,(H,27,30)/t23-/m0/s1. The van der Waals surface area contributed by atoms with Crippen molar-refractivity contribution >= 4 is 34.7 Å². The normalized spacial score (nSPS) is 17.7. The van der Waals surface area contributed by atoms with Crippen molar-refractivity contribution in [2.24, 2.45) is 5.92 Å². The molecule has 1 N–H and O–H groups in total. The van der Waals surface area contributed by atoms with E-state index in [0.717, 1.165) is 24.1 Å². The van der Waals surface area contributed by atoms with Crippen molar-refractivity contribution in [2.45, 2.75) is 59.0 Å². The van der Waals surface area contributed by atoms with Crippen LogP contribution >= 0.6 is 22.9 Å². The quantitative estimate of drug-likeness (QED) is 0.440. The first-order valence-electron chi connectivity index (χ1n) is 11.1. The Labute approximate surface area is 192 Å². The Morgan fingerprint density at radius 2 is 2.00 bits per heavy atom. The van der Waals surface area contributed by atoms with Gasteiger partial charge in [0, 0.05) is 33.0 Å². The summed E-state index contributed by atoms with van der Waals surface area (Å²) in [5.74, 6) is 0.283. The summed E-state index contributed by atoms with van der Waals surface area (Å²) in [4.78, 5) is 17.2. The summed E-state index contributed by atoms with van der Waals surface area (Å²) in [6.45, 7) is 6.99. The Hall–Kier alpha value is -2.24. The Morgan fingerprint density at radius 3 is 2.77 bits per heavy atom. The molecule has 1 atom stereocenters. The predicted octanol–water partition coefficient (Wildman–Crippen LogP) is 7.12. The van der Waals surface area contributed by atoms with Crippen molar-refractivity contribution in [3.8, 4) is 5.00 Å². The molecule has 0 fully saturated rings. The molecule has 0 radical (unpaired) electrons. The lowest BCUT2D eigenvalue weighted by Crippen LogP contribution is -2.39. The van der Waals surface area contributed by atoms with Crippen LogP contribution in [0.15, 0.2) is 36.5 Å². The first-order valence-corrected chi connectivity index (χ1v) is 12.3. The number of hydrogen-bond acceptors (Lipinski definition) is 2. The number of fused-ring (bicyclic) bond motifs is 5. The average Bonchev–Trinajstić information content (AvgIpc) is 3.32. The van der Waals surface area contributed by atoms with Gasteiger partial charge in [-0.05, 0) is 73.9 Å². The van der Waals surface area contributed by atoms with E-state index in [-0.39, 0.29) is 18.0 Å². The molecule has 31 heavy (non-hydrogen) atoms. The van der Waals surface area contributed by atoms with E-state index in [9.17, 15) is 4.79 Å². The molecule has 0 saturated carbocycles. The highest BCUT2D eigenvalue weighted by Crippen LogP contribution is 2.44. The Morgan fingerprint density at radius 1 is 1.19 bits per heavy atom. The molecular formula is C25H28ClN3OS. The van der Waals surface area contributed by atoms with Crippen LogP contribution in [-0.2, 0) is 19.4 Å². The lowest BCUT2D eigenvalue weighted by atomic mass is 9.94. The number of carbonyl (C=O) groups excluding carboxylic acids is 1. The fourth-order valence-electron chi connectivity index (χ4n) is 4.99. The van der Waals surface area contributed by atoms with Crippen LogP contribution < -0.4 is 5.32 Å². The smallest absolute Gasteiger partial charge is 0.311 e. The molecule has 0 bridgehead atoms. The monoisotopic (exact) mass is 453 g/mol. The van der Waals surface area contributed by atoms with Crippen molar-refractivity contribution in [1.82, 2.24) is 9.47 Å². The molecule has 5 rings (SSSR count). The van der Waals surface area contributed by atoms with Crippen molar-refractivity contribution in [1.29, 1.82) is 0 Å². The van der Waals surface area contributed by atoms with Crippen molar-refractivity contribution < 1.29 is 4.79 Å². The molecule has 3 heterocycles. The van der Waals surface area contributed by atoms with Crippen LogP contribution in [-0.4, -0.2) is 15.5 Å². The van der Waals surface area contributed by atoms with Gasteiger partial charge < -0.3 is 14.8 Å². The number of anilines is 1. The maximum Gasteiger partial charge on any atom is 0.322 e. The van der Waals surface area contributed by atoms with E-state index in [4.69, 9.17) is 11.6 Å². The van der Waals surface area contributed by atoms with Crippen LogP contribution in [0.5, 0.6) is 0 Å². The molecule has 0 spiro atoms. The molecule has 6 heteroatoms. The Balaban J connectivity index is 1.58. The third-order valence-corrected chi connectivity index (χ3v) is 8.28. The summed E-state index contributed by atoms with van der Waals surface area (Å²) in [6.07, 6.45) is 6.93. The minimum atomic E-state index is -0.0741. The number of amides is 2. The molecule has 1 aliphatic carbocycles. The highest BCUT2D eigenvalue weighted by Gasteiger charge is 2.36. The zero-order valence-corrected chi connectivity index (χ0v) is 19.8. The number of benzene rings is 1. The number of aryl methyl sites for hydroxylation is 2. The van der Waals surface area contributed by atoms with E-state index in [2.05, 4.69) is 42.1 Å². The van der Waals surface area contributed by atoms with Gasteiger partial charge in [-0.15, -0.1) is 11.3 Å². The zero-order chi connectivity index (χ0) is 21.7. The molecule has 1 aromatic carbocycles. The predicted molar refractivity (Wildman–Crippen MR) is 129 cm³/mol. The van der Waals surface area contributed by atoms with E-state index in [1.54, 1.807) is 0 Å². The second-order valence-corrected chi connectivity index (χ2v) is 10.5. The summed E-state index contributed by atoms with van der Waals surface area (Å²) in [7, 11) is 0. The van der Waals surface area contributed by atoms with Crippen molar-refractivity contribution in [2.75, 3.05) is 5.32 Å². The van der Waals surface area contributed by atoms with Crippen LogP contribution in [0.2, 0.25) is 5.02 Å². The van der Waals surface area contributed by atoms with Crippen LogP contribution in [0.1, 0.15) is 60.0 Å². The number of hydrogen-bond donors (Lipinski definition) is 1. The van der Waals surface area contributed by atoms with Crippen LogP contribution in [0.4, 0.5) is 10.5 Å². The number of nitrogens with zero attached hydrogens (tertiary/aromatic N) is 2. The van der Waals surface area contributed by atoms with E-state index >= 15 is 0 Å². The number of aromatic nitrogens is 1. The van der Waals surface area contributed by atoms with E-state index < -0.39 is 0 Å². The molecule has 2 amide bonds. The highest BCUT2D eigenvalue weighted by molar-refractivity contribution is 7.15. The van der Waals surface area contributed by atoms with Gasteiger partial charge in [-0.25, -0.2) is 4.79 Å². The molecule has 2 aromatic heterocycles. The molecule has 1 aliphatic heterocycles. The summed E-state index contributed by atoms with van der Waals surface area (Å²) in [6, 6.07) is 9.89. The van der Waals surface area contributed by atoms with Gasteiger partial charge in [0.2, 0.25) is 0 Å². The Kier molecular flexibility index (Phi) is 5.35. The van der Waals surface area contributed by atoms with Gasteiger partial charge in [-0.1, -0.05) is 31.5 Å². The van der Waals surface area contributed by atoms with Crippen LogP contribution in [0.25, 0.3) is 5.00 Å². The van der Waals surface area contributed by atoms with Crippen LogP contribution in [0, 0.1) is 12.8 Å². The molecule has 0 saturated heterocycles. The van der Waals surface area contributed by atoms with Crippen LogP contribution in [0.3, 0.4) is 0 Å². The molecular weight excluding hydrogens is 426 g/mol. The summed E-state index contributed by atoms with van der Waals surface area (Å²) >= 11 is 8.23. The molecule has 0 unspecified atom stereocenters. The van der Waals surface area contributed by atoms with Gasteiger partial charge in [0.05, 0.1) is 12.6 Å². The zero-order valence-electron chi connectivity index (χ0n) is 18.2. The second-order valence-electron chi connectivity index (χ2n) is 9.01. The van der Waals surface area contributed by atoms with E-state index in [1.807, 2.05) is 41.4 Å². The second kappa shape index (κ2) is 8.03. The number of halogens is 1. The lowest BCUT2D eigenvalue weighted by Gasteiger charge is -2.33. The van der Waals surface area contributed by atoms with E-state index in [1.165, 1.54) is 39.5 Å². The third kappa shape index (κ3) is 3.58. The lowest BCUT2D eigenvalue weighted by molar-refractivity contribution is 0.161. The fourth-order valence-corrected chi connectivity index (χ4v) is 6.57. The van der Waals surface area contributed by atoms with Crippen molar-refractivity contribution in [3.63, 3.8) is 0 Å². The Bertz CT molecular complexity index is 1150. The van der Waals surface area contributed by atoms with Gasteiger partial charge in [0.25, 0.3) is 0 Å². The van der Waals surface area contributed by atoms with Gasteiger partial charge in [-0.3, -0.25) is 0 Å². The number of rotatable bonds is 2. The fraction of sp³-hybridized carbons (Fsp3) is 0.400. The molecule has 4 nitrogen and oxygen atoms in total. The average molecular weight is 454 g/mol.